The van der Waals surface area contributed by atoms with Crippen molar-refractivity contribution in [3.05, 3.63) is 29.3 Å². The van der Waals surface area contributed by atoms with Crippen LogP contribution in [0.1, 0.15) is 35.1 Å². The number of alkyl halides is 1. The molecule has 0 fully saturated rings. The lowest BCUT2D eigenvalue weighted by atomic mass is 10.0. The molecule has 0 aliphatic carbocycles. The van der Waals surface area contributed by atoms with Crippen LogP contribution in [0.2, 0.25) is 0 Å². The van der Waals surface area contributed by atoms with Gasteiger partial charge in [-0.05, 0) is 31.5 Å². The van der Waals surface area contributed by atoms with E-state index in [-0.39, 0.29) is 23.7 Å². The lowest BCUT2D eigenvalue weighted by molar-refractivity contribution is -0.116. The molecular formula is C12H13ClO4. The molecule has 1 aromatic rings. The molecule has 92 valence electrons. The zero-order chi connectivity index (χ0) is 13.0. The average Bonchev–Trinajstić information content (AvgIpc) is 2.28. The molecule has 0 spiro atoms. The first-order valence-corrected chi connectivity index (χ1v) is 5.55. The number of carbonyl (C=O) groups is 2. The summed E-state index contributed by atoms with van der Waals surface area (Å²) in [5, 5.41) is 8.69. The van der Waals surface area contributed by atoms with Gasteiger partial charge in [0, 0.05) is 0 Å². The number of esters is 1. The number of phenols is 1. The number of carbonyl (C=O) groups excluding carboxylic acids is 2. The van der Waals surface area contributed by atoms with Gasteiger partial charge in [-0.15, -0.1) is 11.6 Å². The Labute approximate surface area is 104 Å². The normalized spacial score (nSPS) is 11.9. The topological polar surface area (TPSA) is 63.6 Å². The Morgan fingerprint density at radius 2 is 2.12 bits per heavy atom. The molecule has 17 heavy (non-hydrogen) atoms. The van der Waals surface area contributed by atoms with Crippen LogP contribution in [0, 0.1) is 0 Å². The molecule has 1 atom stereocenters. The summed E-state index contributed by atoms with van der Waals surface area (Å²) in [6.07, 6.45) is 0. The van der Waals surface area contributed by atoms with Crippen molar-refractivity contribution in [1.82, 2.24) is 0 Å². The first-order valence-electron chi connectivity index (χ1n) is 5.12. The van der Waals surface area contributed by atoms with Crippen LogP contribution in [0.3, 0.4) is 0 Å². The van der Waals surface area contributed by atoms with Crippen LogP contribution >= 0.6 is 11.6 Å². The number of ether oxygens (including phenoxy) is 1. The molecule has 5 heteroatoms. The molecule has 1 unspecified atom stereocenters. The van der Waals surface area contributed by atoms with Gasteiger partial charge in [-0.2, -0.15) is 0 Å². The van der Waals surface area contributed by atoms with Gasteiger partial charge in [0.05, 0.1) is 6.61 Å². The van der Waals surface area contributed by atoms with Crippen molar-refractivity contribution in [3.63, 3.8) is 0 Å². The van der Waals surface area contributed by atoms with Crippen LogP contribution in [0.5, 0.6) is 5.75 Å². The van der Waals surface area contributed by atoms with Crippen molar-refractivity contribution in [1.29, 1.82) is 0 Å². The van der Waals surface area contributed by atoms with Crippen molar-refractivity contribution >= 4 is 23.4 Å². The number of phenolic OH excluding ortho intramolecular Hbond substituents is 1. The highest BCUT2D eigenvalue weighted by Gasteiger charge is 2.18. The van der Waals surface area contributed by atoms with E-state index in [1.54, 1.807) is 6.92 Å². The van der Waals surface area contributed by atoms with Crippen molar-refractivity contribution in [3.8, 4) is 5.75 Å². The van der Waals surface area contributed by atoms with E-state index in [0.717, 1.165) is 0 Å². The van der Waals surface area contributed by atoms with Gasteiger partial charge < -0.3 is 9.84 Å². The number of hydrogen-bond acceptors (Lipinski definition) is 4. The molecule has 0 saturated carbocycles. The number of ketones is 1. The maximum atomic E-state index is 11.5. The van der Waals surface area contributed by atoms with Crippen LogP contribution in [0.15, 0.2) is 18.2 Å². The Hall–Kier alpha value is -1.55. The Morgan fingerprint density at radius 1 is 1.47 bits per heavy atom. The number of aromatic hydroxyl groups is 1. The van der Waals surface area contributed by atoms with Crippen molar-refractivity contribution in [2.45, 2.75) is 19.2 Å². The number of hydrogen-bond donors (Lipinski definition) is 1. The van der Waals surface area contributed by atoms with Crippen molar-refractivity contribution < 1.29 is 19.4 Å². The monoisotopic (exact) mass is 256 g/mol. The maximum absolute atomic E-state index is 11.5. The fourth-order valence-corrected chi connectivity index (χ4v) is 1.45. The van der Waals surface area contributed by atoms with E-state index in [9.17, 15) is 14.7 Å². The molecule has 0 saturated heterocycles. The number of Topliss-reactive ketones (excluding diaryl/α,β-unsaturated/α-hetero) is 1. The number of halogens is 1. The summed E-state index contributed by atoms with van der Waals surface area (Å²) in [5.41, 5.74) is 0.469. The summed E-state index contributed by atoms with van der Waals surface area (Å²) in [4.78, 5) is 22.6. The highest BCUT2D eigenvalue weighted by atomic mass is 35.5. The zero-order valence-electron chi connectivity index (χ0n) is 9.57. The van der Waals surface area contributed by atoms with E-state index in [0.29, 0.717) is 5.56 Å². The second kappa shape index (κ2) is 5.68. The van der Waals surface area contributed by atoms with E-state index >= 15 is 0 Å². The fraction of sp³-hybridized carbons (Fsp3) is 0.333. The predicted molar refractivity (Wildman–Crippen MR) is 63.3 cm³/mol. The van der Waals surface area contributed by atoms with Crippen LogP contribution in [-0.4, -0.2) is 23.5 Å². The molecule has 1 rings (SSSR count). The molecule has 0 aliphatic heterocycles. The van der Waals surface area contributed by atoms with Gasteiger partial charge >= 0.3 is 5.97 Å². The van der Waals surface area contributed by atoms with Gasteiger partial charge in [-0.1, -0.05) is 6.07 Å². The summed E-state index contributed by atoms with van der Waals surface area (Å²) in [6.45, 7) is 3.23. The maximum Gasteiger partial charge on any atom is 0.341 e. The Kier molecular flexibility index (Phi) is 4.52. The van der Waals surface area contributed by atoms with Crippen LogP contribution in [-0.2, 0) is 9.53 Å². The fourth-order valence-electron chi connectivity index (χ4n) is 1.32. The first-order chi connectivity index (χ1) is 7.97. The Balaban J connectivity index is 3.10. The van der Waals surface area contributed by atoms with Crippen LogP contribution in [0.4, 0.5) is 0 Å². The zero-order valence-corrected chi connectivity index (χ0v) is 10.3. The quantitative estimate of drug-likeness (QED) is 0.664. The van der Waals surface area contributed by atoms with Gasteiger partial charge in [0.25, 0.3) is 0 Å². The highest BCUT2D eigenvalue weighted by Crippen LogP contribution is 2.27. The predicted octanol–water partition coefficient (Wildman–Crippen LogP) is 2.44. The SMILES string of the molecule is CCOC(=O)c1cc(C(Cl)C(C)=O)ccc1O. The standard InChI is InChI=1S/C12H13ClO4/c1-3-17-12(16)9-6-8(4-5-10(9)15)11(13)7(2)14/h4-6,11,15H,3H2,1-2H3. The van der Waals surface area contributed by atoms with Crippen molar-refractivity contribution in [2.75, 3.05) is 6.61 Å². The number of rotatable bonds is 4. The van der Waals surface area contributed by atoms with E-state index in [1.807, 2.05) is 0 Å². The van der Waals surface area contributed by atoms with E-state index in [4.69, 9.17) is 16.3 Å². The van der Waals surface area contributed by atoms with Gasteiger partial charge in [0.2, 0.25) is 0 Å². The number of benzene rings is 1. The molecular weight excluding hydrogens is 244 g/mol. The Morgan fingerprint density at radius 3 is 2.65 bits per heavy atom. The van der Waals surface area contributed by atoms with Gasteiger partial charge in [0.1, 0.15) is 16.7 Å². The minimum absolute atomic E-state index is 0.0104. The summed E-state index contributed by atoms with van der Waals surface area (Å²) in [7, 11) is 0. The molecule has 0 aliphatic rings. The third-order valence-electron chi connectivity index (χ3n) is 2.17. The molecule has 1 aromatic carbocycles. The molecule has 0 radical (unpaired) electrons. The smallest absolute Gasteiger partial charge is 0.341 e. The van der Waals surface area contributed by atoms with E-state index in [2.05, 4.69) is 0 Å². The summed E-state index contributed by atoms with van der Waals surface area (Å²) in [6, 6.07) is 4.18. The second-order valence-electron chi connectivity index (χ2n) is 3.47. The van der Waals surface area contributed by atoms with E-state index in [1.165, 1.54) is 25.1 Å². The summed E-state index contributed by atoms with van der Waals surface area (Å²) >= 11 is 5.86. The van der Waals surface area contributed by atoms with Gasteiger partial charge in [0.15, 0.2) is 5.78 Å². The Bertz CT molecular complexity index is 442. The largest absolute Gasteiger partial charge is 0.507 e. The summed E-state index contributed by atoms with van der Waals surface area (Å²) in [5.74, 6) is -1.06. The lowest BCUT2D eigenvalue weighted by Crippen LogP contribution is -2.07. The lowest BCUT2D eigenvalue weighted by Gasteiger charge is -2.09. The van der Waals surface area contributed by atoms with Crippen molar-refractivity contribution in [2.24, 2.45) is 0 Å². The first kappa shape index (κ1) is 13.5. The molecule has 4 nitrogen and oxygen atoms in total. The third-order valence-corrected chi connectivity index (χ3v) is 2.72. The van der Waals surface area contributed by atoms with E-state index < -0.39 is 11.3 Å². The molecule has 0 bridgehead atoms. The molecule has 1 N–H and O–H groups in total. The van der Waals surface area contributed by atoms with Crippen LogP contribution < -0.4 is 0 Å². The average molecular weight is 257 g/mol. The molecule has 0 aromatic heterocycles. The highest BCUT2D eigenvalue weighted by molar-refractivity contribution is 6.30. The minimum Gasteiger partial charge on any atom is -0.507 e. The van der Waals surface area contributed by atoms with Crippen LogP contribution in [0.25, 0.3) is 0 Å². The second-order valence-corrected chi connectivity index (χ2v) is 3.91. The molecule has 0 heterocycles. The molecule has 0 amide bonds. The minimum atomic E-state index is -0.830. The summed E-state index contributed by atoms with van der Waals surface area (Å²) < 4.78 is 4.78. The third kappa shape index (κ3) is 3.20. The van der Waals surface area contributed by atoms with Gasteiger partial charge in [-0.3, -0.25) is 4.79 Å². The van der Waals surface area contributed by atoms with Gasteiger partial charge in [-0.25, -0.2) is 4.79 Å².